The normalized spacial score (nSPS) is 12.8. The average Bonchev–Trinajstić information content (AvgIpc) is 2.28. The molecule has 0 aliphatic rings. The summed E-state index contributed by atoms with van der Waals surface area (Å²) in [5.41, 5.74) is 5.61. The highest BCUT2D eigenvalue weighted by Gasteiger charge is 2.14. The highest BCUT2D eigenvalue weighted by atomic mass is 16.5. The molecule has 0 saturated carbocycles. The zero-order valence-electron chi connectivity index (χ0n) is 10.7. The molecule has 16 heavy (non-hydrogen) atoms. The van der Waals surface area contributed by atoms with Gasteiger partial charge in [-0.05, 0) is 19.9 Å². The van der Waals surface area contributed by atoms with Crippen LogP contribution in [0.2, 0.25) is 0 Å². The molecule has 1 atom stereocenters. The topological polar surface area (TPSA) is 67.6 Å². The maximum Gasteiger partial charge on any atom is 0.233 e. The van der Waals surface area contributed by atoms with E-state index in [2.05, 4.69) is 17.1 Å². The number of hydrogen-bond donors (Lipinski definition) is 2. The van der Waals surface area contributed by atoms with Crippen LogP contribution >= 0.6 is 0 Å². The van der Waals surface area contributed by atoms with Crippen molar-refractivity contribution in [1.29, 1.82) is 0 Å². The van der Waals surface area contributed by atoms with Crippen molar-refractivity contribution in [3.05, 3.63) is 0 Å². The second-order valence-corrected chi connectivity index (χ2v) is 3.72. The van der Waals surface area contributed by atoms with E-state index >= 15 is 0 Å². The SMILES string of the molecule is CCCN(CC(=O)NC)CC(CN)OCC. The summed E-state index contributed by atoms with van der Waals surface area (Å²) in [5, 5.41) is 2.62. The number of carbonyl (C=O) groups is 1. The summed E-state index contributed by atoms with van der Waals surface area (Å²) < 4.78 is 5.48. The van der Waals surface area contributed by atoms with Crippen LogP contribution in [0.4, 0.5) is 0 Å². The summed E-state index contributed by atoms with van der Waals surface area (Å²) in [5.74, 6) is 0.0284. The number of amides is 1. The zero-order valence-corrected chi connectivity index (χ0v) is 10.7. The van der Waals surface area contributed by atoms with Gasteiger partial charge >= 0.3 is 0 Å². The molecule has 0 heterocycles. The van der Waals surface area contributed by atoms with Gasteiger partial charge in [-0.3, -0.25) is 9.69 Å². The molecule has 96 valence electrons. The molecule has 0 rings (SSSR count). The molecule has 1 unspecified atom stereocenters. The quantitative estimate of drug-likeness (QED) is 0.577. The first-order valence-electron chi connectivity index (χ1n) is 5.92. The summed E-state index contributed by atoms with van der Waals surface area (Å²) >= 11 is 0. The minimum atomic E-state index is 0.0150. The lowest BCUT2D eigenvalue weighted by Crippen LogP contribution is -2.43. The summed E-state index contributed by atoms with van der Waals surface area (Å²) in [6.45, 7) is 7.20. The number of hydrogen-bond acceptors (Lipinski definition) is 4. The second-order valence-electron chi connectivity index (χ2n) is 3.72. The molecule has 3 N–H and O–H groups in total. The van der Waals surface area contributed by atoms with Gasteiger partial charge in [-0.15, -0.1) is 0 Å². The first kappa shape index (κ1) is 15.3. The number of ether oxygens (including phenoxy) is 1. The van der Waals surface area contributed by atoms with E-state index in [0.29, 0.717) is 26.2 Å². The Morgan fingerprint density at radius 3 is 2.62 bits per heavy atom. The fraction of sp³-hybridized carbons (Fsp3) is 0.909. The van der Waals surface area contributed by atoms with Gasteiger partial charge in [-0.1, -0.05) is 6.92 Å². The maximum atomic E-state index is 11.3. The molecular formula is C11H25N3O2. The van der Waals surface area contributed by atoms with Gasteiger partial charge in [0.05, 0.1) is 12.6 Å². The van der Waals surface area contributed by atoms with E-state index in [0.717, 1.165) is 13.0 Å². The third-order valence-corrected chi connectivity index (χ3v) is 2.31. The fourth-order valence-corrected chi connectivity index (χ4v) is 1.55. The summed E-state index contributed by atoms with van der Waals surface area (Å²) in [7, 11) is 1.65. The van der Waals surface area contributed by atoms with Crippen molar-refractivity contribution in [2.45, 2.75) is 26.4 Å². The van der Waals surface area contributed by atoms with E-state index in [9.17, 15) is 4.79 Å². The monoisotopic (exact) mass is 231 g/mol. The number of nitrogens with two attached hydrogens (primary N) is 1. The van der Waals surface area contributed by atoms with Crippen molar-refractivity contribution in [3.8, 4) is 0 Å². The number of rotatable bonds is 9. The van der Waals surface area contributed by atoms with Crippen molar-refractivity contribution < 1.29 is 9.53 Å². The van der Waals surface area contributed by atoms with Crippen molar-refractivity contribution in [1.82, 2.24) is 10.2 Å². The van der Waals surface area contributed by atoms with E-state index in [1.54, 1.807) is 7.05 Å². The van der Waals surface area contributed by atoms with Crippen LogP contribution in [-0.4, -0.2) is 56.7 Å². The van der Waals surface area contributed by atoms with Crippen LogP contribution in [0.15, 0.2) is 0 Å². The Balaban J connectivity index is 4.12. The molecule has 0 saturated heterocycles. The van der Waals surface area contributed by atoms with Gasteiger partial charge in [0.2, 0.25) is 5.91 Å². The van der Waals surface area contributed by atoms with E-state index in [-0.39, 0.29) is 12.0 Å². The number of nitrogens with one attached hydrogen (secondary N) is 1. The molecule has 5 nitrogen and oxygen atoms in total. The molecule has 0 aromatic rings. The standard InChI is InChI=1S/C11H25N3O2/c1-4-6-14(9-11(15)13-3)8-10(7-12)16-5-2/h10H,4-9,12H2,1-3H3,(H,13,15). The van der Waals surface area contributed by atoms with Gasteiger partial charge in [0.15, 0.2) is 0 Å². The second kappa shape index (κ2) is 9.57. The van der Waals surface area contributed by atoms with Crippen LogP contribution in [0.25, 0.3) is 0 Å². The molecule has 5 heteroatoms. The average molecular weight is 231 g/mol. The van der Waals surface area contributed by atoms with Crippen LogP contribution < -0.4 is 11.1 Å². The molecule has 1 amide bonds. The van der Waals surface area contributed by atoms with Gasteiger partial charge in [-0.25, -0.2) is 0 Å². The Kier molecular flexibility index (Phi) is 9.18. The Morgan fingerprint density at radius 2 is 2.19 bits per heavy atom. The first-order valence-corrected chi connectivity index (χ1v) is 5.92. The molecule has 0 aliphatic carbocycles. The van der Waals surface area contributed by atoms with Crippen molar-refractivity contribution in [2.75, 3.05) is 39.8 Å². The van der Waals surface area contributed by atoms with Crippen molar-refractivity contribution in [3.63, 3.8) is 0 Å². The van der Waals surface area contributed by atoms with Crippen molar-refractivity contribution >= 4 is 5.91 Å². The third-order valence-electron chi connectivity index (χ3n) is 2.31. The Hall–Kier alpha value is -0.650. The van der Waals surface area contributed by atoms with E-state index in [1.165, 1.54) is 0 Å². The van der Waals surface area contributed by atoms with E-state index in [4.69, 9.17) is 10.5 Å². The minimum absolute atomic E-state index is 0.0150. The van der Waals surface area contributed by atoms with Gasteiger partial charge in [-0.2, -0.15) is 0 Å². The highest BCUT2D eigenvalue weighted by Crippen LogP contribution is 1.98. The smallest absolute Gasteiger partial charge is 0.233 e. The maximum absolute atomic E-state index is 11.3. The first-order chi connectivity index (χ1) is 7.67. The molecule has 0 aliphatic heterocycles. The molecular weight excluding hydrogens is 206 g/mol. The predicted molar refractivity (Wildman–Crippen MR) is 65.3 cm³/mol. The molecule has 0 radical (unpaired) electrons. The number of likely N-dealkylation sites (N-methyl/N-ethyl adjacent to an activating group) is 1. The number of carbonyl (C=O) groups excluding carboxylic acids is 1. The van der Waals surface area contributed by atoms with E-state index < -0.39 is 0 Å². The van der Waals surface area contributed by atoms with Crippen LogP contribution in [0.5, 0.6) is 0 Å². The summed E-state index contributed by atoms with van der Waals surface area (Å²) in [6, 6.07) is 0. The van der Waals surface area contributed by atoms with Gasteiger partial charge in [0, 0.05) is 26.7 Å². The number of nitrogens with zero attached hydrogens (tertiary/aromatic N) is 1. The highest BCUT2D eigenvalue weighted by molar-refractivity contribution is 5.77. The lowest BCUT2D eigenvalue weighted by atomic mass is 10.3. The van der Waals surface area contributed by atoms with E-state index in [1.807, 2.05) is 6.92 Å². The predicted octanol–water partition coefficient (Wildman–Crippen LogP) is -0.192. The zero-order chi connectivity index (χ0) is 12.4. The summed E-state index contributed by atoms with van der Waals surface area (Å²) in [6.07, 6.45) is 1.03. The lowest BCUT2D eigenvalue weighted by Gasteiger charge is -2.25. The molecule has 0 aromatic carbocycles. The fourth-order valence-electron chi connectivity index (χ4n) is 1.55. The molecule has 0 fully saturated rings. The Morgan fingerprint density at radius 1 is 1.50 bits per heavy atom. The van der Waals surface area contributed by atoms with Crippen LogP contribution in [-0.2, 0) is 9.53 Å². The van der Waals surface area contributed by atoms with Crippen LogP contribution in [0.3, 0.4) is 0 Å². The third kappa shape index (κ3) is 6.76. The van der Waals surface area contributed by atoms with Crippen LogP contribution in [0, 0.1) is 0 Å². The van der Waals surface area contributed by atoms with Gasteiger partial charge < -0.3 is 15.8 Å². The van der Waals surface area contributed by atoms with Gasteiger partial charge in [0.25, 0.3) is 0 Å². The van der Waals surface area contributed by atoms with Crippen LogP contribution in [0.1, 0.15) is 20.3 Å². The largest absolute Gasteiger partial charge is 0.376 e. The lowest BCUT2D eigenvalue weighted by molar-refractivity contribution is -0.122. The summed E-state index contributed by atoms with van der Waals surface area (Å²) in [4.78, 5) is 13.4. The molecule has 0 aromatic heterocycles. The molecule has 0 spiro atoms. The Bertz CT molecular complexity index is 188. The van der Waals surface area contributed by atoms with Crippen molar-refractivity contribution in [2.24, 2.45) is 5.73 Å². The Labute approximate surface area is 98.3 Å². The molecule has 0 bridgehead atoms. The van der Waals surface area contributed by atoms with Gasteiger partial charge in [0.1, 0.15) is 0 Å². The minimum Gasteiger partial charge on any atom is -0.376 e.